The van der Waals surface area contributed by atoms with Gasteiger partial charge < -0.3 is 4.57 Å². The first-order chi connectivity index (χ1) is 10.9. The fraction of sp³-hybridized carbons (Fsp3) is 0.167. The van der Waals surface area contributed by atoms with Gasteiger partial charge in [-0.25, -0.2) is 8.42 Å². The molecule has 5 heteroatoms. The number of nitrogens with zero attached hydrogens (tertiary/aromatic N) is 1. The Bertz CT molecular complexity index is 1030. The average molecular weight is 327 g/mol. The first-order valence-electron chi connectivity index (χ1n) is 7.24. The van der Waals surface area contributed by atoms with E-state index in [2.05, 4.69) is 0 Å². The van der Waals surface area contributed by atoms with Crippen molar-refractivity contribution in [3.8, 4) is 0 Å². The largest absolute Gasteiger partial charge is 0.304 e. The van der Waals surface area contributed by atoms with Crippen LogP contribution in [0.3, 0.4) is 0 Å². The van der Waals surface area contributed by atoms with E-state index in [-0.39, 0.29) is 10.5 Å². The number of hydrogen-bond acceptors (Lipinski definition) is 3. The molecule has 118 valence electrons. The van der Waals surface area contributed by atoms with Crippen molar-refractivity contribution in [1.29, 1.82) is 0 Å². The van der Waals surface area contributed by atoms with Crippen LogP contribution in [-0.4, -0.2) is 19.2 Å². The highest BCUT2D eigenvalue weighted by Crippen LogP contribution is 2.17. The van der Waals surface area contributed by atoms with E-state index in [0.717, 1.165) is 22.0 Å². The number of fused-ring (bicyclic) bond motifs is 1. The smallest absolute Gasteiger partial charge is 0.251 e. The number of benzene rings is 2. The van der Waals surface area contributed by atoms with Gasteiger partial charge in [0.1, 0.15) is 0 Å². The molecule has 4 nitrogen and oxygen atoms in total. The molecule has 2 aromatic carbocycles. The Morgan fingerprint density at radius 3 is 2.30 bits per heavy atom. The van der Waals surface area contributed by atoms with Gasteiger partial charge in [-0.15, -0.1) is 0 Å². The zero-order chi connectivity index (χ0) is 16.6. The number of sulfone groups is 1. The molecule has 3 aromatic rings. The maximum absolute atomic E-state index is 12.4. The first kappa shape index (κ1) is 15.5. The number of para-hydroxylation sites is 1. The van der Waals surface area contributed by atoms with E-state index in [9.17, 15) is 13.2 Å². The van der Waals surface area contributed by atoms with Crippen molar-refractivity contribution < 1.29 is 8.42 Å². The molecule has 0 aliphatic rings. The van der Waals surface area contributed by atoms with Gasteiger partial charge in [0, 0.05) is 17.7 Å². The molecular formula is C18H17NO3S. The highest BCUT2D eigenvalue weighted by molar-refractivity contribution is 7.90. The van der Waals surface area contributed by atoms with Gasteiger partial charge in [-0.05, 0) is 36.2 Å². The van der Waals surface area contributed by atoms with Crippen LogP contribution in [0.5, 0.6) is 0 Å². The fourth-order valence-electron chi connectivity index (χ4n) is 2.69. The van der Waals surface area contributed by atoms with Gasteiger partial charge in [0.15, 0.2) is 9.84 Å². The molecule has 0 amide bonds. The molecule has 0 N–H and O–H groups in total. The summed E-state index contributed by atoms with van der Waals surface area (Å²) in [5, 5.41) is 1.04. The third-order valence-electron chi connectivity index (χ3n) is 3.92. The van der Waals surface area contributed by atoms with Crippen molar-refractivity contribution in [3.05, 3.63) is 76.1 Å². The maximum atomic E-state index is 12.4. The quantitative estimate of drug-likeness (QED) is 0.743. The van der Waals surface area contributed by atoms with Crippen LogP contribution in [0.4, 0.5) is 0 Å². The molecule has 0 saturated carbocycles. The van der Waals surface area contributed by atoms with Gasteiger partial charge in [0.05, 0.1) is 17.0 Å². The number of rotatable bonds is 3. The van der Waals surface area contributed by atoms with E-state index in [0.29, 0.717) is 6.54 Å². The van der Waals surface area contributed by atoms with Gasteiger partial charge in [0.25, 0.3) is 5.56 Å². The van der Waals surface area contributed by atoms with Crippen LogP contribution in [0, 0.1) is 6.92 Å². The summed E-state index contributed by atoms with van der Waals surface area (Å²) >= 11 is 0. The Kier molecular flexibility index (Phi) is 3.82. The van der Waals surface area contributed by atoms with Gasteiger partial charge in [0.2, 0.25) is 0 Å². The van der Waals surface area contributed by atoms with Gasteiger partial charge >= 0.3 is 0 Å². The van der Waals surface area contributed by atoms with Crippen LogP contribution in [0.25, 0.3) is 10.9 Å². The number of aryl methyl sites for hydroxylation is 1. The summed E-state index contributed by atoms with van der Waals surface area (Å²) in [5.74, 6) is 0. The molecule has 1 heterocycles. The molecule has 0 unspecified atom stereocenters. The Balaban J connectivity index is 2.07. The molecule has 1 aromatic heterocycles. The molecule has 0 aliphatic carbocycles. The summed E-state index contributed by atoms with van der Waals surface area (Å²) in [6.45, 7) is 2.33. The lowest BCUT2D eigenvalue weighted by Gasteiger charge is -2.12. The molecule has 3 rings (SSSR count). The second-order valence-corrected chi connectivity index (χ2v) is 7.70. The summed E-state index contributed by atoms with van der Waals surface area (Å²) in [5.41, 5.74) is 2.65. The molecule has 0 fully saturated rings. The minimum Gasteiger partial charge on any atom is -0.304 e. The predicted molar refractivity (Wildman–Crippen MR) is 91.6 cm³/mol. The second-order valence-electron chi connectivity index (χ2n) is 5.68. The summed E-state index contributed by atoms with van der Waals surface area (Å²) in [6.07, 6.45) is 1.18. The summed E-state index contributed by atoms with van der Waals surface area (Å²) in [7, 11) is -3.21. The van der Waals surface area contributed by atoms with Gasteiger partial charge in [-0.2, -0.15) is 0 Å². The molecular weight excluding hydrogens is 310 g/mol. The first-order valence-corrected chi connectivity index (χ1v) is 9.13. The van der Waals surface area contributed by atoms with E-state index < -0.39 is 9.84 Å². The van der Waals surface area contributed by atoms with Crippen LogP contribution in [0.15, 0.2) is 64.3 Å². The Labute approximate surface area is 134 Å². The molecule has 0 atom stereocenters. The molecule has 0 radical (unpaired) electrons. The van der Waals surface area contributed by atoms with Crippen molar-refractivity contribution in [2.24, 2.45) is 0 Å². The molecule has 0 bridgehead atoms. The fourth-order valence-corrected chi connectivity index (χ4v) is 3.32. The molecule has 0 saturated heterocycles. The van der Waals surface area contributed by atoms with Gasteiger partial charge in [-0.1, -0.05) is 30.3 Å². The zero-order valence-corrected chi connectivity index (χ0v) is 13.8. The molecule has 0 spiro atoms. The summed E-state index contributed by atoms with van der Waals surface area (Å²) in [6, 6.07) is 16.1. The van der Waals surface area contributed by atoms with E-state index >= 15 is 0 Å². The lowest BCUT2D eigenvalue weighted by Crippen LogP contribution is -2.20. The third-order valence-corrected chi connectivity index (χ3v) is 5.05. The summed E-state index contributed by atoms with van der Waals surface area (Å²) < 4.78 is 24.7. The maximum Gasteiger partial charge on any atom is 0.251 e. The highest BCUT2D eigenvalue weighted by Gasteiger charge is 2.09. The van der Waals surface area contributed by atoms with Crippen LogP contribution in [-0.2, 0) is 16.4 Å². The molecule has 23 heavy (non-hydrogen) atoms. The van der Waals surface area contributed by atoms with Crippen molar-refractivity contribution in [1.82, 2.24) is 4.57 Å². The van der Waals surface area contributed by atoms with Crippen molar-refractivity contribution in [3.63, 3.8) is 0 Å². The van der Waals surface area contributed by atoms with E-state index in [1.54, 1.807) is 34.9 Å². The summed E-state index contributed by atoms with van der Waals surface area (Å²) in [4.78, 5) is 12.6. The van der Waals surface area contributed by atoms with Crippen molar-refractivity contribution >= 4 is 20.7 Å². The lowest BCUT2D eigenvalue weighted by atomic mass is 10.1. The zero-order valence-electron chi connectivity index (χ0n) is 13.0. The van der Waals surface area contributed by atoms with Crippen LogP contribution in [0.1, 0.15) is 11.1 Å². The average Bonchev–Trinajstić information content (AvgIpc) is 2.51. The van der Waals surface area contributed by atoms with Crippen molar-refractivity contribution in [2.45, 2.75) is 18.4 Å². The normalized spacial score (nSPS) is 11.7. The van der Waals surface area contributed by atoms with Gasteiger partial charge in [-0.3, -0.25) is 4.79 Å². The minimum absolute atomic E-state index is 0.0617. The number of aromatic nitrogens is 1. The predicted octanol–water partition coefficient (Wildman–Crippen LogP) is 2.76. The Morgan fingerprint density at radius 2 is 1.65 bits per heavy atom. The topological polar surface area (TPSA) is 56.1 Å². The van der Waals surface area contributed by atoms with Crippen molar-refractivity contribution in [2.75, 3.05) is 6.26 Å². The van der Waals surface area contributed by atoms with E-state index in [4.69, 9.17) is 0 Å². The number of pyridine rings is 1. The molecule has 0 aliphatic heterocycles. The third kappa shape index (κ3) is 3.05. The SMILES string of the molecule is Cc1cc(=O)n(Cc2ccc(S(C)(=O)=O)cc2)c2ccccc12. The minimum atomic E-state index is -3.21. The van der Waals surface area contributed by atoms with Crippen LogP contribution in [0.2, 0.25) is 0 Å². The Morgan fingerprint density at radius 1 is 1.00 bits per heavy atom. The number of hydrogen-bond donors (Lipinski definition) is 0. The van der Waals surface area contributed by atoms with E-state index in [1.165, 1.54) is 6.26 Å². The lowest BCUT2D eigenvalue weighted by molar-refractivity contribution is 0.602. The monoisotopic (exact) mass is 327 g/mol. The standard InChI is InChI=1S/C18H17NO3S/c1-13-11-18(20)19(17-6-4-3-5-16(13)17)12-14-7-9-15(10-8-14)23(2,21)22/h3-11H,12H2,1-2H3. The highest BCUT2D eigenvalue weighted by atomic mass is 32.2. The van der Waals surface area contributed by atoms with Crippen LogP contribution >= 0.6 is 0 Å². The Hall–Kier alpha value is -2.40. The van der Waals surface area contributed by atoms with Crippen LogP contribution < -0.4 is 5.56 Å². The van der Waals surface area contributed by atoms with E-state index in [1.807, 2.05) is 31.2 Å². The second kappa shape index (κ2) is 5.66.